The topological polar surface area (TPSA) is 14.2 Å². The van der Waals surface area contributed by atoms with Gasteiger partial charge in [0.25, 0.3) is 0 Å². The van der Waals surface area contributed by atoms with Crippen LogP contribution >= 0.6 is 0 Å². The Kier molecular flexibility index (Phi) is 2.22. The van der Waals surface area contributed by atoms with Crippen molar-refractivity contribution in [1.29, 1.82) is 0 Å². The lowest BCUT2D eigenvalue weighted by Crippen LogP contribution is -2.25. The molecule has 2 heterocycles. The number of para-hydroxylation sites is 1. The standard InChI is InChI=1S/C15H19NO/c1-4-11-10-16-14-12(11)6-5-7-13(14)17-9-8-15(16,2)3/h5-7,10H,4,8-9H2,1-3H3. The molecule has 17 heavy (non-hydrogen) atoms. The summed E-state index contributed by atoms with van der Waals surface area (Å²) in [5.41, 5.74) is 2.82. The number of rotatable bonds is 1. The van der Waals surface area contributed by atoms with Gasteiger partial charge in [-0.3, -0.25) is 0 Å². The van der Waals surface area contributed by atoms with Crippen molar-refractivity contribution in [2.24, 2.45) is 0 Å². The van der Waals surface area contributed by atoms with Gasteiger partial charge < -0.3 is 9.30 Å². The fraction of sp³-hybridized carbons (Fsp3) is 0.467. The Morgan fingerprint density at radius 2 is 2.18 bits per heavy atom. The summed E-state index contributed by atoms with van der Waals surface area (Å²) in [6.07, 6.45) is 4.43. The summed E-state index contributed by atoms with van der Waals surface area (Å²) in [5, 5.41) is 1.35. The summed E-state index contributed by atoms with van der Waals surface area (Å²) in [7, 11) is 0. The van der Waals surface area contributed by atoms with E-state index in [0.717, 1.165) is 25.2 Å². The van der Waals surface area contributed by atoms with Crippen molar-refractivity contribution >= 4 is 10.9 Å². The molecule has 0 spiro atoms. The lowest BCUT2D eigenvalue weighted by atomic mass is 10.0. The molecule has 0 aliphatic carbocycles. The van der Waals surface area contributed by atoms with Crippen LogP contribution in [0.4, 0.5) is 0 Å². The number of benzene rings is 1. The van der Waals surface area contributed by atoms with Gasteiger partial charge in [-0.05, 0) is 31.9 Å². The highest BCUT2D eigenvalue weighted by atomic mass is 16.5. The first kappa shape index (κ1) is 10.7. The van der Waals surface area contributed by atoms with E-state index in [1.54, 1.807) is 0 Å². The molecule has 0 unspecified atom stereocenters. The predicted molar refractivity (Wildman–Crippen MR) is 70.8 cm³/mol. The zero-order chi connectivity index (χ0) is 12.0. The molecule has 2 aromatic rings. The summed E-state index contributed by atoms with van der Waals surface area (Å²) in [4.78, 5) is 0. The van der Waals surface area contributed by atoms with Crippen molar-refractivity contribution in [3.05, 3.63) is 30.0 Å². The number of ether oxygens (including phenoxy) is 1. The Hall–Kier alpha value is -1.44. The van der Waals surface area contributed by atoms with Crippen LogP contribution in [0.1, 0.15) is 32.8 Å². The summed E-state index contributed by atoms with van der Waals surface area (Å²) < 4.78 is 8.30. The van der Waals surface area contributed by atoms with E-state index >= 15 is 0 Å². The molecule has 2 nitrogen and oxygen atoms in total. The number of hydrogen-bond acceptors (Lipinski definition) is 1. The number of nitrogens with zero attached hydrogens (tertiary/aromatic N) is 1. The van der Waals surface area contributed by atoms with Gasteiger partial charge in [-0.2, -0.15) is 0 Å². The summed E-state index contributed by atoms with van der Waals surface area (Å²) >= 11 is 0. The second-order valence-corrected chi connectivity index (χ2v) is 5.44. The average Bonchev–Trinajstić information content (AvgIpc) is 2.63. The molecule has 0 atom stereocenters. The molecule has 1 aliphatic heterocycles. The monoisotopic (exact) mass is 229 g/mol. The molecular weight excluding hydrogens is 210 g/mol. The maximum Gasteiger partial charge on any atom is 0.143 e. The minimum atomic E-state index is 0.137. The van der Waals surface area contributed by atoms with Gasteiger partial charge in [0.15, 0.2) is 0 Å². The minimum absolute atomic E-state index is 0.137. The molecule has 2 heteroatoms. The van der Waals surface area contributed by atoms with E-state index in [9.17, 15) is 0 Å². The van der Waals surface area contributed by atoms with Crippen LogP contribution in [0, 0.1) is 0 Å². The zero-order valence-electron chi connectivity index (χ0n) is 10.8. The van der Waals surface area contributed by atoms with Crippen LogP contribution in [0.2, 0.25) is 0 Å². The molecular formula is C15H19NO. The fourth-order valence-corrected chi connectivity index (χ4v) is 2.73. The van der Waals surface area contributed by atoms with Gasteiger partial charge in [-0.25, -0.2) is 0 Å². The maximum absolute atomic E-state index is 5.89. The summed E-state index contributed by atoms with van der Waals surface area (Å²) in [5.74, 6) is 1.03. The third kappa shape index (κ3) is 1.47. The van der Waals surface area contributed by atoms with E-state index in [0.29, 0.717) is 0 Å². The fourth-order valence-electron chi connectivity index (χ4n) is 2.73. The van der Waals surface area contributed by atoms with E-state index in [2.05, 4.69) is 49.7 Å². The highest BCUT2D eigenvalue weighted by Crippen LogP contribution is 2.37. The first-order valence-corrected chi connectivity index (χ1v) is 6.40. The van der Waals surface area contributed by atoms with Crippen molar-refractivity contribution in [1.82, 2.24) is 4.57 Å². The van der Waals surface area contributed by atoms with Crippen LogP contribution in [-0.4, -0.2) is 11.2 Å². The molecule has 90 valence electrons. The van der Waals surface area contributed by atoms with Crippen LogP contribution in [-0.2, 0) is 12.0 Å². The minimum Gasteiger partial charge on any atom is -0.491 e. The van der Waals surface area contributed by atoms with Crippen LogP contribution in [0.15, 0.2) is 24.4 Å². The van der Waals surface area contributed by atoms with E-state index in [1.807, 2.05) is 0 Å². The molecule has 0 saturated heterocycles. The Balaban J connectivity index is 2.40. The van der Waals surface area contributed by atoms with Crippen molar-refractivity contribution in [2.75, 3.05) is 6.61 Å². The average molecular weight is 229 g/mol. The third-order valence-corrected chi connectivity index (χ3v) is 3.88. The van der Waals surface area contributed by atoms with Gasteiger partial charge in [0, 0.05) is 23.5 Å². The molecule has 0 amide bonds. The van der Waals surface area contributed by atoms with E-state index in [-0.39, 0.29) is 5.54 Å². The quantitative estimate of drug-likeness (QED) is 0.727. The summed E-state index contributed by atoms with van der Waals surface area (Å²) in [6, 6.07) is 6.39. The second kappa shape index (κ2) is 3.52. The highest BCUT2D eigenvalue weighted by molar-refractivity contribution is 5.89. The van der Waals surface area contributed by atoms with Gasteiger partial charge in [0.05, 0.1) is 12.1 Å². The van der Waals surface area contributed by atoms with Gasteiger partial charge >= 0.3 is 0 Å². The number of aromatic nitrogens is 1. The Bertz CT molecular complexity index is 566. The van der Waals surface area contributed by atoms with Gasteiger partial charge in [0.1, 0.15) is 5.75 Å². The molecule has 1 aromatic carbocycles. The van der Waals surface area contributed by atoms with Crippen molar-refractivity contribution in [2.45, 2.75) is 39.2 Å². The smallest absolute Gasteiger partial charge is 0.143 e. The van der Waals surface area contributed by atoms with Gasteiger partial charge in [0.2, 0.25) is 0 Å². The lowest BCUT2D eigenvalue weighted by Gasteiger charge is -2.25. The maximum atomic E-state index is 5.89. The normalized spacial score (nSPS) is 17.8. The zero-order valence-corrected chi connectivity index (χ0v) is 10.8. The van der Waals surface area contributed by atoms with Crippen molar-refractivity contribution in [3.8, 4) is 5.75 Å². The Morgan fingerprint density at radius 3 is 2.94 bits per heavy atom. The van der Waals surface area contributed by atoms with Crippen LogP contribution in [0.5, 0.6) is 5.75 Å². The SMILES string of the molecule is CCc1cn2c3c(cccc13)OCCC2(C)C. The Morgan fingerprint density at radius 1 is 1.35 bits per heavy atom. The van der Waals surface area contributed by atoms with Crippen LogP contribution in [0.25, 0.3) is 10.9 Å². The van der Waals surface area contributed by atoms with Gasteiger partial charge in [-0.1, -0.05) is 19.1 Å². The second-order valence-electron chi connectivity index (χ2n) is 5.44. The Labute approximate surface area is 102 Å². The van der Waals surface area contributed by atoms with E-state index < -0.39 is 0 Å². The lowest BCUT2D eigenvalue weighted by molar-refractivity contribution is 0.251. The molecule has 1 aromatic heterocycles. The molecule has 0 saturated carbocycles. The van der Waals surface area contributed by atoms with Crippen LogP contribution in [0.3, 0.4) is 0 Å². The predicted octanol–water partition coefficient (Wildman–Crippen LogP) is 3.72. The van der Waals surface area contributed by atoms with Crippen molar-refractivity contribution < 1.29 is 4.74 Å². The van der Waals surface area contributed by atoms with Crippen LogP contribution < -0.4 is 4.74 Å². The van der Waals surface area contributed by atoms with Gasteiger partial charge in [-0.15, -0.1) is 0 Å². The molecule has 0 bridgehead atoms. The molecule has 0 N–H and O–H groups in total. The molecule has 3 rings (SSSR count). The first-order chi connectivity index (χ1) is 8.13. The molecule has 0 radical (unpaired) electrons. The van der Waals surface area contributed by atoms with E-state index in [1.165, 1.54) is 16.5 Å². The van der Waals surface area contributed by atoms with E-state index in [4.69, 9.17) is 4.74 Å². The highest BCUT2D eigenvalue weighted by Gasteiger charge is 2.27. The molecule has 1 aliphatic rings. The first-order valence-electron chi connectivity index (χ1n) is 6.40. The largest absolute Gasteiger partial charge is 0.491 e. The third-order valence-electron chi connectivity index (χ3n) is 3.88. The summed E-state index contributed by atoms with van der Waals surface area (Å²) in [6.45, 7) is 7.59. The molecule has 0 fully saturated rings. The number of hydrogen-bond donors (Lipinski definition) is 0. The number of aryl methyl sites for hydroxylation is 1. The van der Waals surface area contributed by atoms with Crippen molar-refractivity contribution in [3.63, 3.8) is 0 Å².